The van der Waals surface area contributed by atoms with Crippen LogP contribution in [0.4, 0.5) is 0 Å². The lowest BCUT2D eigenvalue weighted by Gasteiger charge is -2.10. The van der Waals surface area contributed by atoms with Gasteiger partial charge in [0, 0.05) is 6.08 Å². The second kappa shape index (κ2) is 2.61. The van der Waals surface area contributed by atoms with Gasteiger partial charge in [0.1, 0.15) is 0 Å². The summed E-state index contributed by atoms with van der Waals surface area (Å²) in [5.41, 5.74) is 9.39. The Morgan fingerprint density at radius 3 is 2.22 bits per heavy atom. The van der Waals surface area contributed by atoms with E-state index in [2.05, 4.69) is 0 Å². The van der Waals surface area contributed by atoms with Crippen LogP contribution in [0.2, 0.25) is 0 Å². The van der Waals surface area contributed by atoms with E-state index in [1.807, 2.05) is 0 Å². The number of hydrogen-bond donors (Lipinski definition) is 3. The fourth-order valence-corrected chi connectivity index (χ4v) is 0.251. The lowest BCUT2D eigenvalue weighted by molar-refractivity contribution is -0.131. The molecule has 0 spiro atoms. The zero-order chi connectivity index (χ0) is 7.49. The minimum Gasteiger partial charge on any atom is -0.478 e. The first-order valence-corrected chi connectivity index (χ1v) is 2.42. The lowest BCUT2D eigenvalue weighted by atomic mass is 10.2. The van der Waals surface area contributed by atoms with Gasteiger partial charge in [-0.25, -0.2) is 4.79 Å². The summed E-state index contributed by atoms with van der Waals surface area (Å²) in [4.78, 5) is 9.85. The van der Waals surface area contributed by atoms with E-state index in [0.29, 0.717) is 0 Å². The van der Waals surface area contributed by atoms with Crippen molar-refractivity contribution in [2.75, 3.05) is 0 Å². The maximum Gasteiger partial charge on any atom is 0.328 e. The predicted molar refractivity (Wildman–Crippen MR) is 33.6 cm³/mol. The van der Waals surface area contributed by atoms with Crippen LogP contribution in [0.3, 0.4) is 0 Å². The summed E-state index contributed by atoms with van der Waals surface area (Å²) >= 11 is 0. The van der Waals surface area contributed by atoms with E-state index < -0.39 is 11.6 Å². The Hall–Kier alpha value is -0.870. The molecule has 0 heterocycles. The fraction of sp³-hybridized carbons (Fsp3) is 0.400. The number of carbonyl (C=O) groups is 1. The summed E-state index contributed by atoms with van der Waals surface area (Å²) in [6.07, 6.45) is 2.13. The van der Waals surface area contributed by atoms with Crippen LogP contribution in [0.1, 0.15) is 6.92 Å². The minimum atomic E-state index is -1.04. The van der Waals surface area contributed by atoms with Gasteiger partial charge in [0.05, 0.1) is 5.66 Å². The molecule has 0 aliphatic carbocycles. The largest absolute Gasteiger partial charge is 0.478 e. The van der Waals surface area contributed by atoms with Crippen LogP contribution >= 0.6 is 0 Å². The monoisotopic (exact) mass is 130 g/mol. The van der Waals surface area contributed by atoms with Crippen LogP contribution in [0.5, 0.6) is 0 Å². The predicted octanol–water partition coefficient (Wildman–Crippen LogP) is -0.739. The Morgan fingerprint density at radius 2 is 2.11 bits per heavy atom. The maximum atomic E-state index is 9.85. The van der Waals surface area contributed by atoms with E-state index in [-0.39, 0.29) is 0 Å². The van der Waals surface area contributed by atoms with Gasteiger partial charge < -0.3 is 16.6 Å². The quantitative estimate of drug-likeness (QED) is 0.339. The number of nitrogens with two attached hydrogens (primary N) is 2. The van der Waals surface area contributed by atoms with Crippen LogP contribution in [0, 0.1) is 0 Å². The van der Waals surface area contributed by atoms with E-state index in [4.69, 9.17) is 16.6 Å². The molecule has 5 N–H and O–H groups in total. The van der Waals surface area contributed by atoms with E-state index in [0.717, 1.165) is 6.08 Å². The molecule has 0 rings (SSSR count). The highest BCUT2D eigenvalue weighted by Crippen LogP contribution is 1.88. The highest BCUT2D eigenvalue weighted by atomic mass is 16.4. The SMILES string of the molecule is CC(N)(N)C=CC(=O)O. The second-order valence-corrected chi connectivity index (χ2v) is 2.04. The van der Waals surface area contributed by atoms with E-state index >= 15 is 0 Å². The summed E-state index contributed by atoms with van der Waals surface area (Å²) in [6.45, 7) is 1.51. The van der Waals surface area contributed by atoms with E-state index in [9.17, 15) is 4.79 Å². The van der Waals surface area contributed by atoms with Crippen molar-refractivity contribution in [3.63, 3.8) is 0 Å². The molecular formula is C5H10N2O2. The van der Waals surface area contributed by atoms with Gasteiger partial charge in [0.15, 0.2) is 0 Å². The number of carboxylic acid groups (broad SMARTS) is 1. The van der Waals surface area contributed by atoms with Gasteiger partial charge in [0.25, 0.3) is 0 Å². The molecule has 0 aromatic rings. The highest BCUT2D eigenvalue weighted by molar-refractivity contribution is 5.79. The third-order valence-electron chi connectivity index (χ3n) is 0.585. The summed E-state index contributed by atoms with van der Waals surface area (Å²) < 4.78 is 0. The normalized spacial score (nSPS) is 12.3. The van der Waals surface area contributed by atoms with E-state index in [1.165, 1.54) is 13.0 Å². The summed E-state index contributed by atoms with van der Waals surface area (Å²) in [5.74, 6) is -1.04. The summed E-state index contributed by atoms with van der Waals surface area (Å²) in [5, 5.41) is 8.08. The fourth-order valence-electron chi connectivity index (χ4n) is 0.251. The molecule has 0 aromatic heterocycles. The number of rotatable bonds is 2. The standard InChI is InChI=1S/C5H10N2O2/c1-5(6,7)3-2-4(8)9/h2-3H,6-7H2,1H3,(H,8,9). The first kappa shape index (κ1) is 8.13. The van der Waals surface area contributed by atoms with Crippen molar-refractivity contribution < 1.29 is 9.90 Å². The average molecular weight is 130 g/mol. The molecule has 0 aliphatic rings. The van der Waals surface area contributed by atoms with Crippen LogP contribution in [-0.4, -0.2) is 16.7 Å². The molecule has 4 nitrogen and oxygen atoms in total. The first-order valence-electron chi connectivity index (χ1n) is 2.42. The number of hydrogen-bond acceptors (Lipinski definition) is 3. The molecule has 52 valence electrons. The van der Waals surface area contributed by atoms with Crippen LogP contribution in [0.15, 0.2) is 12.2 Å². The molecule has 0 atom stereocenters. The van der Waals surface area contributed by atoms with Gasteiger partial charge in [-0.15, -0.1) is 0 Å². The van der Waals surface area contributed by atoms with Gasteiger partial charge in [-0.1, -0.05) is 0 Å². The third kappa shape index (κ3) is 7.13. The molecular weight excluding hydrogens is 120 g/mol. The molecule has 4 heteroatoms. The Labute approximate surface area is 53.1 Å². The third-order valence-corrected chi connectivity index (χ3v) is 0.585. The first-order chi connectivity index (χ1) is 3.92. The molecule has 0 aromatic carbocycles. The Morgan fingerprint density at radius 1 is 1.67 bits per heavy atom. The average Bonchev–Trinajstić information content (AvgIpc) is 1.59. The molecule has 0 radical (unpaired) electrons. The molecule has 0 saturated heterocycles. The van der Waals surface area contributed by atoms with Crippen LogP contribution in [0.25, 0.3) is 0 Å². The molecule has 0 bridgehead atoms. The molecule has 9 heavy (non-hydrogen) atoms. The van der Waals surface area contributed by atoms with Crippen LogP contribution in [-0.2, 0) is 4.79 Å². The Balaban J connectivity index is 3.86. The van der Waals surface area contributed by atoms with Gasteiger partial charge >= 0.3 is 5.97 Å². The lowest BCUT2D eigenvalue weighted by Crippen LogP contribution is -2.43. The maximum absolute atomic E-state index is 9.85. The molecule has 0 unspecified atom stereocenters. The molecule has 0 fully saturated rings. The zero-order valence-corrected chi connectivity index (χ0v) is 5.16. The minimum absolute atomic E-state index is 0.917. The highest BCUT2D eigenvalue weighted by Gasteiger charge is 2.04. The molecule has 0 aliphatic heterocycles. The zero-order valence-electron chi connectivity index (χ0n) is 5.16. The summed E-state index contributed by atoms with van der Waals surface area (Å²) in [7, 11) is 0. The van der Waals surface area contributed by atoms with Crippen molar-refractivity contribution in [1.29, 1.82) is 0 Å². The molecule has 0 amide bonds. The van der Waals surface area contributed by atoms with Gasteiger partial charge in [-0.3, -0.25) is 0 Å². The van der Waals surface area contributed by atoms with Crippen molar-refractivity contribution in [3.05, 3.63) is 12.2 Å². The van der Waals surface area contributed by atoms with Crippen molar-refractivity contribution in [1.82, 2.24) is 0 Å². The smallest absolute Gasteiger partial charge is 0.328 e. The summed E-state index contributed by atoms with van der Waals surface area (Å²) in [6, 6.07) is 0. The number of carboxylic acids is 1. The van der Waals surface area contributed by atoms with Gasteiger partial charge in [-0.2, -0.15) is 0 Å². The van der Waals surface area contributed by atoms with Gasteiger partial charge in [0.2, 0.25) is 0 Å². The Bertz CT molecular complexity index is 134. The Kier molecular flexibility index (Phi) is 2.36. The topological polar surface area (TPSA) is 89.3 Å². The number of aliphatic carboxylic acids is 1. The second-order valence-electron chi connectivity index (χ2n) is 2.04. The van der Waals surface area contributed by atoms with Crippen molar-refractivity contribution in [2.45, 2.75) is 12.6 Å². The van der Waals surface area contributed by atoms with Gasteiger partial charge in [-0.05, 0) is 13.0 Å². The van der Waals surface area contributed by atoms with E-state index in [1.54, 1.807) is 0 Å². The van der Waals surface area contributed by atoms with Crippen molar-refractivity contribution >= 4 is 5.97 Å². The molecule has 0 saturated carbocycles. The van der Waals surface area contributed by atoms with Crippen molar-refractivity contribution in [3.8, 4) is 0 Å². The van der Waals surface area contributed by atoms with Crippen molar-refractivity contribution in [2.24, 2.45) is 11.5 Å². The van der Waals surface area contributed by atoms with Crippen LogP contribution < -0.4 is 11.5 Å².